The fourth-order valence-corrected chi connectivity index (χ4v) is 13.8. The van der Waals surface area contributed by atoms with E-state index in [1.54, 1.807) is 38.5 Å². The molecule has 0 unspecified atom stereocenters. The Bertz CT molecular complexity index is 1510. The molecule has 2 aromatic rings. The first-order valence-electron chi connectivity index (χ1n) is 20.9. The standard InChI is InChI=1S/C42H66N6O6S4/c1-7-55-41(56-8-2)33-13-11-15-47(33)39(49)29-25-35(51-5)37(27-31(29)43)53-23-21-45-17-19-46(20-18-45)22-24-54-38-28-32(44)30(26-36(38)52-6)40(50)48-16-12-14-34(48)42(57-9-3)58-10-4/h25-28,33-34,41-42H,7-24,43-44H2,1-6H3/t33-,34-/m0/s1. The molecule has 3 fully saturated rings. The summed E-state index contributed by atoms with van der Waals surface area (Å²) in [6, 6.07) is 7.35. The van der Waals surface area contributed by atoms with Gasteiger partial charge in [-0.25, -0.2) is 0 Å². The molecule has 58 heavy (non-hydrogen) atoms. The first-order valence-corrected chi connectivity index (χ1v) is 25.1. The van der Waals surface area contributed by atoms with Gasteiger partial charge in [0.25, 0.3) is 11.8 Å². The lowest BCUT2D eigenvalue weighted by Crippen LogP contribution is -2.48. The number of hydrogen-bond acceptors (Lipinski definition) is 14. The predicted molar refractivity (Wildman–Crippen MR) is 247 cm³/mol. The van der Waals surface area contributed by atoms with Crippen LogP contribution in [0.15, 0.2) is 24.3 Å². The number of methoxy groups -OCH3 is 2. The van der Waals surface area contributed by atoms with Crippen LogP contribution < -0.4 is 30.4 Å². The summed E-state index contributed by atoms with van der Waals surface area (Å²) in [5.74, 6) is 6.14. The van der Waals surface area contributed by atoms with E-state index in [-0.39, 0.29) is 23.9 Å². The number of nitrogens with zero attached hydrogens (tertiary/aromatic N) is 4. The zero-order valence-electron chi connectivity index (χ0n) is 35.4. The van der Waals surface area contributed by atoms with Crippen LogP contribution in [0.25, 0.3) is 0 Å². The van der Waals surface area contributed by atoms with Gasteiger partial charge in [-0.15, -0.1) is 47.0 Å². The van der Waals surface area contributed by atoms with Gasteiger partial charge in [-0.3, -0.25) is 19.4 Å². The van der Waals surface area contributed by atoms with Gasteiger partial charge in [-0.1, -0.05) is 27.7 Å². The Morgan fingerprint density at radius 3 is 1.29 bits per heavy atom. The zero-order chi connectivity index (χ0) is 41.6. The van der Waals surface area contributed by atoms with Crippen molar-refractivity contribution in [2.75, 3.05) is 114 Å². The summed E-state index contributed by atoms with van der Waals surface area (Å²) in [4.78, 5) is 36.4. The monoisotopic (exact) mass is 878 g/mol. The van der Waals surface area contributed by atoms with Gasteiger partial charge < -0.3 is 40.2 Å². The van der Waals surface area contributed by atoms with E-state index >= 15 is 0 Å². The van der Waals surface area contributed by atoms with Crippen molar-refractivity contribution in [1.82, 2.24) is 19.6 Å². The first-order chi connectivity index (χ1) is 28.2. The molecule has 2 aromatic carbocycles. The molecule has 12 nitrogen and oxygen atoms in total. The number of nitrogen functional groups attached to an aromatic ring is 2. The second-order valence-corrected chi connectivity index (χ2v) is 20.8. The van der Waals surface area contributed by atoms with E-state index in [1.165, 1.54) is 0 Å². The van der Waals surface area contributed by atoms with Crippen molar-refractivity contribution in [3.05, 3.63) is 35.4 Å². The van der Waals surface area contributed by atoms with Gasteiger partial charge in [0.05, 0.1) is 46.6 Å². The van der Waals surface area contributed by atoms with Crippen LogP contribution in [0, 0.1) is 0 Å². The number of likely N-dealkylation sites (tertiary alicyclic amines) is 2. The van der Waals surface area contributed by atoms with Crippen molar-refractivity contribution >= 4 is 70.2 Å². The summed E-state index contributed by atoms with van der Waals surface area (Å²) in [6.07, 6.45) is 4.03. The molecule has 3 heterocycles. The molecule has 324 valence electrons. The number of ether oxygens (including phenoxy) is 4. The summed E-state index contributed by atoms with van der Waals surface area (Å²) in [5, 5.41) is 0. The Kier molecular flexibility index (Phi) is 18.9. The molecule has 16 heteroatoms. The smallest absolute Gasteiger partial charge is 0.256 e. The lowest BCUT2D eigenvalue weighted by atomic mass is 10.1. The van der Waals surface area contributed by atoms with Gasteiger partial charge in [0.15, 0.2) is 23.0 Å². The molecule has 0 aliphatic carbocycles. The van der Waals surface area contributed by atoms with E-state index in [1.807, 2.05) is 56.8 Å². The normalized spacial score (nSPS) is 19.0. The van der Waals surface area contributed by atoms with Gasteiger partial charge in [0, 0.05) is 75.9 Å². The minimum Gasteiger partial charge on any atom is -0.493 e. The van der Waals surface area contributed by atoms with Crippen LogP contribution in [0.2, 0.25) is 0 Å². The van der Waals surface area contributed by atoms with E-state index < -0.39 is 0 Å². The van der Waals surface area contributed by atoms with E-state index in [0.29, 0.717) is 67.9 Å². The topological polar surface area (TPSA) is 136 Å². The highest BCUT2D eigenvalue weighted by atomic mass is 32.2. The third-order valence-electron chi connectivity index (χ3n) is 11.0. The first kappa shape index (κ1) is 46.6. The van der Waals surface area contributed by atoms with Crippen LogP contribution in [-0.2, 0) is 0 Å². The van der Waals surface area contributed by atoms with Crippen LogP contribution in [0.1, 0.15) is 74.1 Å². The quantitative estimate of drug-likeness (QED) is 0.0947. The molecule has 5 rings (SSSR count). The van der Waals surface area contributed by atoms with Crippen LogP contribution in [0.5, 0.6) is 23.0 Å². The van der Waals surface area contributed by atoms with Crippen molar-refractivity contribution < 1.29 is 28.5 Å². The Morgan fingerprint density at radius 1 is 0.603 bits per heavy atom. The Hall–Kier alpha value is -2.50. The maximum Gasteiger partial charge on any atom is 0.256 e. The molecule has 3 aliphatic rings. The number of thioether (sulfide) groups is 4. The third-order valence-corrected chi connectivity index (χ3v) is 16.5. The van der Waals surface area contributed by atoms with Gasteiger partial charge in [-0.05, 0) is 60.8 Å². The maximum absolute atomic E-state index is 13.8. The second-order valence-electron chi connectivity index (χ2n) is 14.5. The van der Waals surface area contributed by atoms with E-state index in [4.69, 9.17) is 30.4 Å². The Morgan fingerprint density at radius 2 is 0.966 bits per heavy atom. The highest BCUT2D eigenvalue weighted by Gasteiger charge is 2.38. The fourth-order valence-electron chi connectivity index (χ4n) is 8.03. The molecular weight excluding hydrogens is 813 g/mol. The molecule has 2 amide bonds. The summed E-state index contributed by atoms with van der Waals surface area (Å²) in [7, 11) is 3.20. The molecule has 2 atom stereocenters. The molecule has 3 saturated heterocycles. The molecule has 0 radical (unpaired) electrons. The lowest BCUT2D eigenvalue weighted by Gasteiger charge is -2.34. The fraction of sp³-hybridized carbons (Fsp3) is 0.667. The third kappa shape index (κ3) is 11.9. The molecule has 0 bridgehead atoms. The Balaban J connectivity index is 1.08. The molecule has 3 aliphatic heterocycles. The van der Waals surface area contributed by atoms with Crippen LogP contribution in [0.3, 0.4) is 0 Å². The molecular formula is C42H66N6O6S4. The number of hydrogen-bond donors (Lipinski definition) is 2. The number of nitrogens with two attached hydrogens (primary N) is 2. The number of rotatable bonds is 22. The van der Waals surface area contributed by atoms with E-state index in [0.717, 1.165) is 101 Å². The Labute approximate surface area is 363 Å². The SMILES string of the molecule is CCSC(SCC)[C@@H]1CCCN1C(=O)c1cc(OC)c(OCCN2CCN(CCOc3cc(N)c(C(=O)N4CCC[C@H]4C(SCC)SCC)cc3OC)CC2)cc1N. The second kappa shape index (κ2) is 23.5. The van der Waals surface area contributed by atoms with Crippen molar-refractivity contribution in [2.24, 2.45) is 0 Å². The van der Waals surface area contributed by atoms with Crippen molar-refractivity contribution in [3.8, 4) is 23.0 Å². The number of carbonyl (C=O) groups excluding carboxylic acids is 2. The largest absolute Gasteiger partial charge is 0.493 e. The highest BCUT2D eigenvalue weighted by molar-refractivity contribution is 8.17. The number of amides is 2. The van der Waals surface area contributed by atoms with Gasteiger partial charge in [0.1, 0.15) is 13.2 Å². The van der Waals surface area contributed by atoms with E-state index in [9.17, 15) is 9.59 Å². The van der Waals surface area contributed by atoms with Crippen molar-refractivity contribution in [3.63, 3.8) is 0 Å². The molecule has 0 saturated carbocycles. The maximum atomic E-state index is 13.8. The minimum atomic E-state index is -0.0351. The van der Waals surface area contributed by atoms with Crippen LogP contribution in [0.4, 0.5) is 11.4 Å². The van der Waals surface area contributed by atoms with Gasteiger partial charge in [-0.2, -0.15) is 0 Å². The average Bonchev–Trinajstić information content (AvgIpc) is 3.92. The number of piperazine rings is 1. The number of benzene rings is 2. The van der Waals surface area contributed by atoms with Crippen LogP contribution in [-0.4, -0.2) is 155 Å². The summed E-state index contributed by atoms with van der Waals surface area (Å²) in [5.41, 5.74) is 14.8. The number of carbonyl (C=O) groups is 2. The highest BCUT2D eigenvalue weighted by Crippen LogP contribution is 2.40. The van der Waals surface area contributed by atoms with Gasteiger partial charge >= 0.3 is 0 Å². The average molecular weight is 879 g/mol. The predicted octanol–water partition coefficient (Wildman–Crippen LogP) is 6.82. The lowest BCUT2D eigenvalue weighted by molar-refractivity contribution is 0.0738. The zero-order valence-corrected chi connectivity index (χ0v) is 38.6. The summed E-state index contributed by atoms with van der Waals surface area (Å²) in [6.45, 7) is 16.2. The van der Waals surface area contributed by atoms with Gasteiger partial charge in [0.2, 0.25) is 0 Å². The summed E-state index contributed by atoms with van der Waals surface area (Å²) >= 11 is 7.69. The number of anilines is 2. The summed E-state index contributed by atoms with van der Waals surface area (Å²) < 4.78 is 24.5. The van der Waals surface area contributed by atoms with E-state index in [2.05, 4.69) is 37.5 Å². The minimum absolute atomic E-state index is 0.0351. The molecule has 4 N–H and O–H groups in total. The van der Waals surface area contributed by atoms with Crippen molar-refractivity contribution in [2.45, 2.75) is 74.6 Å². The van der Waals surface area contributed by atoms with Crippen LogP contribution >= 0.6 is 47.0 Å². The van der Waals surface area contributed by atoms with Crippen molar-refractivity contribution in [1.29, 1.82) is 0 Å². The molecule has 0 aromatic heterocycles. The molecule has 0 spiro atoms.